The lowest BCUT2D eigenvalue weighted by Gasteiger charge is -2.36. The van der Waals surface area contributed by atoms with Crippen LogP contribution in [0.25, 0.3) is 6.08 Å². The summed E-state index contributed by atoms with van der Waals surface area (Å²) in [6.07, 6.45) is -8.32. The number of hydrogen-bond acceptors (Lipinski definition) is 6. The fourth-order valence-electron chi connectivity index (χ4n) is 4.70. The fourth-order valence-corrected chi connectivity index (χ4v) is 5.85. The molecule has 0 radical (unpaired) electrons. The molecule has 14 heteroatoms. The molecule has 3 aromatic carbocycles. The van der Waals surface area contributed by atoms with Crippen molar-refractivity contribution in [2.75, 3.05) is 38.2 Å². The van der Waals surface area contributed by atoms with Gasteiger partial charge in [-0.1, -0.05) is 29.8 Å². The largest absolute Gasteiger partial charge is 0.493 e. The third-order valence-electron chi connectivity index (χ3n) is 6.94. The Bertz CT molecular complexity index is 1620. The molecule has 232 valence electrons. The molecule has 2 heterocycles. The number of anilines is 1. The number of piperazine rings is 1. The second kappa shape index (κ2) is 12.6. The summed E-state index contributed by atoms with van der Waals surface area (Å²) < 4.78 is 90.4. The lowest BCUT2D eigenvalue weighted by Crippen LogP contribution is -2.47. The van der Waals surface area contributed by atoms with Crippen LogP contribution in [0.4, 0.5) is 32.0 Å². The molecule has 1 amide bonds. The van der Waals surface area contributed by atoms with Crippen LogP contribution in [0.2, 0.25) is 5.02 Å². The van der Waals surface area contributed by atoms with Crippen molar-refractivity contribution in [2.24, 2.45) is 4.99 Å². The van der Waals surface area contributed by atoms with Crippen LogP contribution in [0, 0.1) is 0 Å². The minimum atomic E-state index is -5.02. The van der Waals surface area contributed by atoms with E-state index in [4.69, 9.17) is 21.1 Å². The highest BCUT2D eigenvalue weighted by molar-refractivity contribution is 8.18. The molecule has 1 saturated heterocycles. The molecule has 0 N–H and O–H groups in total. The van der Waals surface area contributed by atoms with Gasteiger partial charge in [0, 0.05) is 42.5 Å². The first-order valence-corrected chi connectivity index (χ1v) is 14.4. The van der Waals surface area contributed by atoms with Crippen molar-refractivity contribution in [1.29, 1.82) is 0 Å². The Kier molecular flexibility index (Phi) is 9.07. The summed E-state index contributed by atoms with van der Waals surface area (Å²) in [5.74, 6) is -0.167. The van der Waals surface area contributed by atoms with Gasteiger partial charge in [0.2, 0.25) is 0 Å². The first kappa shape index (κ1) is 31.6. The zero-order chi connectivity index (χ0) is 31.6. The van der Waals surface area contributed by atoms with E-state index in [9.17, 15) is 31.1 Å². The Morgan fingerprint density at radius 1 is 0.909 bits per heavy atom. The number of benzene rings is 3. The number of ether oxygens (including phenoxy) is 2. The number of carbonyl (C=O) groups is 1. The van der Waals surface area contributed by atoms with Gasteiger partial charge in [-0.3, -0.25) is 4.79 Å². The van der Waals surface area contributed by atoms with Gasteiger partial charge in [0.15, 0.2) is 16.7 Å². The molecule has 0 aliphatic carbocycles. The van der Waals surface area contributed by atoms with Gasteiger partial charge in [0.05, 0.1) is 23.1 Å². The quantitative estimate of drug-likeness (QED) is 0.200. The standard InChI is InChI=1S/C30H24ClF6N3O3S/c1-42-25-13-18(5-8-24(25)43-17-19-6-7-20(29(32,33)34)15-23(19)30(35,36)37)14-26-27(41)38-28(44-26)40-11-9-39(10-12-40)22-4-2-3-21(31)16-22/h2-8,13-16H,9-12,17H2,1H3. The van der Waals surface area contributed by atoms with Crippen LogP contribution in [-0.4, -0.2) is 49.3 Å². The maximum absolute atomic E-state index is 13.5. The summed E-state index contributed by atoms with van der Waals surface area (Å²) in [5.41, 5.74) is -1.74. The van der Waals surface area contributed by atoms with Crippen LogP contribution in [-0.2, 0) is 23.8 Å². The molecule has 0 bridgehead atoms. The van der Waals surface area contributed by atoms with Crippen LogP contribution in [0.3, 0.4) is 0 Å². The number of rotatable bonds is 6. The number of halogens is 7. The molecule has 0 saturated carbocycles. The van der Waals surface area contributed by atoms with Crippen LogP contribution in [0.5, 0.6) is 11.5 Å². The van der Waals surface area contributed by atoms with Crippen LogP contribution >= 0.6 is 23.4 Å². The Morgan fingerprint density at radius 2 is 1.64 bits per heavy atom. The van der Waals surface area contributed by atoms with Crippen LogP contribution in [0.15, 0.2) is 70.6 Å². The summed E-state index contributed by atoms with van der Waals surface area (Å²) in [4.78, 5) is 21.5. The number of amidine groups is 1. The first-order valence-electron chi connectivity index (χ1n) is 13.2. The molecule has 2 aliphatic rings. The average Bonchev–Trinajstić information content (AvgIpc) is 3.35. The van der Waals surface area contributed by atoms with Gasteiger partial charge in [-0.05, 0) is 65.9 Å². The highest BCUT2D eigenvalue weighted by atomic mass is 35.5. The van der Waals surface area contributed by atoms with Crippen molar-refractivity contribution in [1.82, 2.24) is 4.90 Å². The predicted molar refractivity (Wildman–Crippen MR) is 157 cm³/mol. The number of hydrogen-bond donors (Lipinski definition) is 0. The molecule has 0 atom stereocenters. The van der Waals surface area contributed by atoms with Gasteiger partial charge in [0.1, 0.15) is 6.61 Å². The molecule has 0 aromatic heterocycles. The monoisotopic (exact) mass is 655 g/mol. The molecule has 44 heavy (non-hydrogen) atoms. The van der Waals surface area contributed by atoms with Crippen molar-refractivity contribution >= 4 is 46.2 Å². The topological polar surface area (TPSA) is 54.4 Å². The van der Waals surface area contributed by atoms with Gasteiger partial charge in [0.25, 0.3) is 5.91 Å². The van der Waals surface area contributed by atoms with E-state index in [1.54, 1.807) is 12.1 Å². The van der Waals surface area contributed by atoms with Crippen molar-refractivity contribution in [3.63, 3.8) is 0 Å². The number of aliphatic imine (C=N–C) groups is 1. The number of thioether (sulfide) groups is 1. The van der Waals surface area contributed by atoms with E-state index in [1.165, 1.54) is 31.0 Å². The lowest BCUT2D eigenvalue weighted by atomic mass is 10.0. The van der Waals surface area contributed by atoms with Gasteiger partial charge < -0.3 is 19.3 Å². The molecule has 0 unspecified atom stereocenters. The predicted octanol–water partition coefficient (Wildman–Crippen LogP) is 7.76. The van der Waals surface area contributed by atoms with Crippen LogP contribution < -0.4 is 14.4 Å². The fraction of sp³-hybridized carbons (Fsp3) is 0.267. The first-order chi connectivity index (χ1) is 20.8. The summed E-state index contributed by atoms with van der Waals surface area (Å²) in [6, 6.07) is 13.6. The maximum Gasteiger partial charge on any atom is 0.416 e. The molecule has 2 aliphatic heterocycles. The van der Waals surface area contributed by atoms with Crippen molar-refractivity contribution in [3.05, 3.63) is 92.8 Å². The molecular formula is C30H24ClF6N3O3S. The number of methoxy groups -OCH3 is 1. The second-order valence-electron chi connectivity index (χ2n) is 9.83. The minimum Gasteiger partial charge on any atom is -0.493 e. The molecule has 0 spiro atoms. The van der Waals surface area contributed by atoms with E-state index in [2.05, 4.69) is 9.89 Å². The van der Waals surface area contributed by atoms with E-state index in [1.807, 2.05) is 29.2 Å². The maximum atomic E-state index is 13.5. The van der Waals surface area contributed by atoms with Crippen molar-refractivity contribution < 1.29 is 40.6 Å². The van der Waals surface area contributed by atoms with E-state index < -0.39 is 41.6 Å². The molecular weight excluding hydrogens is 632 g/mol. The smallest absolute Gasteiger partial charge is 0.416 e. The van der Waals surface area contributed by atoms with E-state index in [0.717, 1.165) is 24.8 Å². The zero-order valence-electron chi connectivity index (χ0n) is 23.0. The van der Waals surface area contributed by atoms with E-state index in [-0.39, 0.29) is 17.6 Å². The van der Waals surface area contributed by atoms with Crippen molar-refractivity contribution in [2.45, 2.75) is 19.0 Å². The third kappa shape index (κ3) is 7.27. The zero-order valence-corrected chi connectivity index (χ0v) is 24.6. The van der Waals surface area contributed by atoms with E-state index in [0.29, 0.717) is 39.8 Å². The summed E-state index contributed by atoms with van der Waals surface area (Å²) >= 11 is 7.36. The normalized spacial score (nSPS) is 16.9. The molecule has 6 nitrogen and oxygen atoms in total. The highest BCUT2D eigenvalue weighted by Gasteiger charge is 2.38. The SMILES string of the molecule is COc1cc(C=C2SC(N3CCN(c4cccc(Cl)c4)CC3)=NC2=O)ccc1OCc1ccc(C(F)(F)F)cc1C(F)(F)F. The highest BCUT2D eigenvalue weighted by Crippen LogP contribution is 2.39. The molecule has 3 aromatic rings. The number of nitrogens with zero attached hydrogens (tertiary/aromatic N) is 3. The summed E-state index contributed by atoms with van der Waals surface area (Å²) in [5, 5.41) is 1.25. The van der Waals surface area contributed by atoms with Gasteiger partial charge in [-0.25, -0.2) is 0 Å². The lowest BCUT2D eigenvalue weighted by molar-refractivity contribution is -0.143. The Labute approximate surface area is 257 Å². The van der Waals surface area contributed by atoms with Crippen molar-refractivity contribution in [3.8, 4) is 11.5 Å². The van der Waals surface area contributed by atoms with Gasteiger partial charge in [-0.2, -0.15) is 31.3 Å². The third-order valence-corrected chi connectivity index (χ3v) is 8.22. The van der Waals surface area contributed by atoms with Crippen LogP contribution in [0.1, 0.15) is 22.3 Å². The molecule has 1 fully saturated rings. The Hall–Kier alpha value is -3.84. The summed E-state index contributed by atoms with van der Waals surface area (Å²) in [7, 11) is 1.33. The van der Waals surface area contributed by atoms with Gasteiger partial charge >= 0.3 is 12.4 Å². The average molecular weight is 656 g/mol. The minimum absolute atomic E-state index is 0.0665. The van der Waals surface area contributed by atoms with E-state index >= 15 is 0 Å². The van der Waals surface area contributed by atoms with Gasteiger partial charge in [-0.15, -0.1) is 0 Å². The number of carbonyl (C=O) groups excluding carboxylic acids is 1. The Morgan fingerprint density at radius 3 is 2.30 bits per heavy atom. The Balaban J connectivity index is 1.24. The second-order valence-corrected chi connectivity index (χ2v) is 11.3. The molecule has 5 rings (SSSR count). The number of alkyl halides is 6. The summed E-state index contributed by atoms with van der Waals surface area (Å²) in [6.45, 7) is 2.12. The number of amides is 1.